The van der Waals surface area contributed by atoms with Crippen LogP contribution in [0.25, 0.3) is 0 Å². The van der Waals surface area contributed by atoms with Gasteiger partial charge in [0.15, 0.2) is 5.75 Å². The molecule has 0 saturated heterocycles. The van der Waals surface area contributed by atoms with Gasteiger partial charge in [-0.2, -0.15) is 0 Å². The molecule has 0 unspecified atom stereocenters. The predicted molar refractivity (Wildman–Crippen MR) is 75.5 cm³/mol. The van der Waals surface area contributed by atoms with Gasteiger partial charge in [0.05, 0.1) is 11.5 Å². The molecule has 0 saturated carbocycles. The Bertz CT molecular complexity index is 609. The van der Waals surface area contributed by atoms with Gasteiger partial charge in [-0.15, -0.1) is 11.3 Å². The number of ether oxygens (including phenoxy) is 1. The predicted octanol–water partition coefficient (Wildman–Crippen LogP) is 0.0744. The second-order valence-electron chi connectivity index (χ2n) is 3.61. The van der Waals surface area contributed by atoms with E-state index >= 15 is 0 Å². The standard InChI is InChI=1S/C12H15NO5S2/c1-2-18-12(15)9-20(16,17)13-8-11-6-5-10(19-11)4-3-7-14/h5-6,13-14H,2,7-9H2,1H3. The molecule has 0 aliphatic carbocycles. The number of hydrogen-bond acceptors (Lipinski definition) is 6. The zero-order chi connectivity index (χ0) is 15.0. The molecule has 6 nitrogen and oxygen atoms in total. The van der Waals surface area contributed by atoms with Crippen molar-refractivity contribution < 1.29 is 23.1 Å². The largest absolute Gasteiger partial charge is 0.465 e. The van der Waals surface area contributed by atoms with Crippen LogP contribution in [0.3, 0.4) is 0 Å². The molecule has 1 aromatic heterocycles. The van der Waals surface area contributed by atoms with Gasteiger partial charge in [-0.05, 0) is 19.1 Å². The van der Waals surface area contributed by atoms with Crippen LogP contribution < -0.4 is 4.72 Å². The molecule has 0 bridgehead atoms. The number of sulfonamides is 1. The van der Waals surface area contributed by atoms with Crippen LogP contribution in [0.2, 0.25) is 0 Å². The lowest BCUT2D eigenvalue weighted by molar-refractivity contribution is -0.139. The molecule has 0 atom stereocenters. The first-order chi connectivity index (χ1) is 9.46. The fourth-order valence-electron chi connectivity index (χ4n) is 1.26. The topological polar surface area (TPSA) is 92.7 Å². The second kappa shape index (κ2) is 8.01. The normalized spacial score (nSPS) is 10.7. The number of aliphatic hydroxyl groups excluding tert-OH is 1. The maximum atomic E-state index is 11.6. The SMILES string of the molecule is CCOC(=O)CS(=O)(=O)NCc1ccc(C#CCO)s1. The third-order valence-electron chi connectivity index (χ3n) is 2.03. The minimum Gasteiger partial charge on any atom is -0.465 e. The summed E-state index contributed by atoms with van der Waals surface area (Å²) in [6, 6.07) is 3.47. The Hall–Kier alpha value is -1.40. The van der Waals surface area contributed by atoms with E-state index in [-0.39, 0.29) is 19.8 Å². The minimum atomic E-state index is -3.70. The van der Waals surface area contributed by atoms with E-state index in [1.807, 2.05) is 0 Å². The van der Waals surface area contributed by atoms with Crippen molar-refractivity contribution in [2.75, 3.05) is 19.0 Å². The fourth-order valence-corrected chi connectivity index (χ4v) is 3.04. The van der Waals surface area contributed by atoms with Gasteiger partial charge in [0.2, 0.25) is 10.0 Å². The molecule has 1 rings (SSSR count). The smallest absolute Gasteiger partial charge is 0.322 e. The summed E-state index contributed by atoms with van der Waals surface area (Å²) < 4.78 is 30.1. The highest BCUT2D eigenvalue weighted by atomic mass is 32.2. The van der Waals surface area contributed by atoms with Crippen LogP contribution in [0.5, 0.6) is 0 Å². The van der Waals surface area contributed by atoms with E-state index in [0.717, 1.165) is 9.75 Å². The van der Waals surface area contributed by atoms with Crippen LogP contribution in [0.1, 0.15) is 16.7 Å². The Morgan fingerprint density at radius 3 is 2.90 bits per heavy atom. The quantitative estimate of drug-likeness (QED) is 0.572. The number of nitrogens with one attached hydrogen (secondary N) is 1. The molecule has 0 amide bonds. The number of hydrogen-bond donors (Lipinski definition) is 2. The first-order valence-electron chi connectivity index (χ1n) is 5.78. The molecule has 0 fully saturated rings. The van der Waals surface area contributed by atoms with Crippen molar-refractivity contribution in [3.63, 3.8) is 0 Å². The highest BCUT2D eigenvalue weighted by molar-refractivity contribution is 7.90. The molecule has 2 N–H and O–H groups in total. The lowest BCUT2D eigenvalue weighted by Crippen LogP contribution is -2.30. The van der Waals surface area contributed by atoms with Crippen molar-refractivity contribution in [3.05, 3.63) is 21.9 Å². The molecular formula is C12H15NO5S2. The van der Waals surface area contributed by atoms with Crippen LogP contribution in [0.15, 0.2) is 12.1 Å². The van der Waals surface area contributed by atoms with Crippen molar-refractivity contribution in [1.82, 2.24) is 4.72 Å². The van der Waals surface area contributed by atoms with Gasteiger partial charge in [-0.3, -0.25) is 4.79 Å². The Kier molecular flexibility index (Phi) is 6.67. The lowest BCUT2D eigenvalue weighted by atomic mass is 10.4. The van der Waals surface area contributed by atoms with Crippen LogP contribution in [0, 0.1) is 11.8 Å². The summed E-state index contributed by atoms with van der Waals surface area (Å²) in [5, 5.41) is 8.57. The van der Waals surface area contributed by atoms with E-state index in [4.69, 9.17) is 5.11 Å². The number of carbonyl (C=O) groups is 1. The molecule has 0 aliphatic heterocycles. The van der Waals surface area contributed by atoms with E-state index in [9.17, 15) is 13.2 Å². The maximum Gasteiger partial charge on any atom is 0.322 e. The zero-order valence-electron chi connectivity index (χ0n) is 10.9. The number of esters is 1. The van der Waals surface area contributed by atoms with Gasteiger partial charge in [0.1, 0.15) is 6.61 Å². The summed E-state index contributed by atoms with van der Waals surface area (Å²) in [7, 11) is -3.70. The first kappa shape index (κ1) is 16.7. The third kappa shape index (κ3) is 6.16. The number of carbonyl (C=O) groups excluding carboxylic acids is 1. The van der Waals surface area contributed by atoms with Crippen LogP contribution >= 0.6 is 11.3 Å². The van der Waals surface area contributed by atoms with Crippen LogP contribution in [0.4, 0.5) is 0 Å². The number of aliphatic hydroxyl groups is 1. The average molecular weight is 317 g/mol. The first-order valence-corrected chi connectivity index (χ1v) is 8.25. The van der Waals surface area contributed by atoms with E-state index < -0.39 is 21.7 Å². The van der Waals surface area contributed by atoms with Crippen molar-refractivity contribution >= 4 is 27.3 Å². The highest BCUT2D eigenvalue weighted by Crippen LogP contribution is 2.15. The maximum absolute atomic E-state index is 11.6. The molecule has 0 aromatic carbocycles. The summed E-state index contributed by atoms with van der Waals surface area (Å²) in [6.45, 7) is 1.62. The second-order valence-corrected chi connectivity index (χ2v) is 6.59. The van der Waals surface area contributed by atoms with Gasteiger partial charge in [-0.1, -0.05) is 11.8 Å². The van der Waals surface area contributed by atoms with Crippen molar-refractivity contribution in [3.8, 4) is 11.8 Å². The lowest BCUT2D eigenvalue weighted by Gasteiger charge is -2.04. The van der Waals surface area contributed by atoms with Gasteiger partial charge in [-0.25, -0.2) is 13.1 Å². The summed E-state index contributed by atoms with van der Waals surface area (Å²) in [5.41, 5.74) is 0. The summed E-state index contributed by atoms with van der Waals surface area (Å²) >= 11 is 1.31. The number of rotatable bonds is 6. The molecule has 1 heterocycles. The molecule has 8 heteroatoms. The third-order valence-corrected chi connectivity index (χ3v) is 4.23. The Morgan fingerprint density at radius 1 is 1.50 bits per heavy atom. The molecule has 0 aliphatic rings. The van der Waals surface area contributed by atoms with Gasteiger partial charge < -0.3 is 9.84 Å². The summed E-state index contributed by atoms with van der Waals surface area (Å²) in [6.07, 6.45) is 0. The van der Waals surface area contributed by atoms with Gasteiger partial charge in [0.25, 0.3) is 0 Å². The van der Waals surface area contributed by atoms with Crippen molar-refractivity contribution in [1.29, 1.82) is 0 Å². The van der Waals surface area contributed by atoms with Crippen LogP contribution in [-0.2, 0) is 26.1 Å². The molecule has 0 spiro atoms. The highest BCUT2D eigenvalue weighted by Gasteiger charge is 2.17. The van der Waals surface area contributed by atoms with Gasteiger partial charge >= 0.3 is 5.97 Å². The zero-order valence-corrected chi connectivity index (χ0v) is 12.5. The molecular weight excluding hydrogens is 302 g/mol. The van der Waals surface area contributed by atoms with Crippen molar-refractivity contribution in [2.24, 2.45) is 0 Å². The Labute approximate surface area is 121 Å². The molecule has 1 aromatic rings. The number of thiophene rings is 1. The van der Waals surface area contributed by atoms with Crippen molar-refractivity contribution in [2.45, 2.75) is 13.5 Å². The Balaban J connectivity index is 2.53. The average Bonchev–Trinajstić information content (AvgIpc) is 2.81. The van der Waals surface area contributed by atoms with Gasteiger partial charge in [0, 0.05) is 11.4 Å². The summed E-state index contributed by atoms with van der Waals surface area (Å²) in [4.78, 5) is 12.6. The minimum absolute atomic E-state index is 0.0905. The van der Waals surface area contributed by atoms with E-state index in [0.29, 0.717) is 0 Å². The van der Waals surface area contributed by atoms with E-state index in [2.05, 4.69) is 21.3 Å². The van der Waals surface area contributed by atoms with E-state index in [1.54, 1.807) is 19.1 Å². The molecule has 110 valence electrons. The van der Waals surface area contributed by atoms with Crippen LogP contribution in [-0.4, -0.2) is 38.5 Å². The fraction of sp³-hybridized carbons (Fsp3) is 0.417. The van der Waals surface area contributed by atoms with E-state index in [1.165, 1.54) is 11.3 Å². The molecule has 20 heavy (non-hydrogen) atoms. The summed E-state index contributed by atoms with van der Waals surface area (Å²) in [5.74, 6) is 3.77. The monoisotopic (exact) mass is 317 g/mol. The molecule has 0 radical (unpaired) electrons. The Morgan fingerprint density at radius 2 is 2.25 bits per heavy atom.